The van der Waals surface area contributed by atoms with Crippen LogP contribution in [-0.4, -0.2) is 19.0 Å². The maximum atomic E-state index is 7.60. The molecule has 0 aliphatic rings. The van der Waals surface area contributed by atoms with E-state index in [0.717, 1.165) is 11.1 Å². The molecule has 0 saturated heterocycles. The molecule has 16 heavy (non-hydrogen) atoms. The van der Waals surface area contributed by atoms with Crippen molar-refractivity contribution in [2.75, 3.05) is 12.8 Å². The predicted molar refractivity (Wildman–Crippen MR) is 69.2 cm³/mol. The molecule has 0 aromatic heterocycles. The van der Waals surface area contributed by atoms with Crippen molar-refractivity contribution in [1.29, 1.82) is 10.8 Å². The van der Waals surface area contributed by atoms with Crippen LogP contribution in [0.2, 0.25) is 0 Å². The number of anilines is 1. The summed E-state index contributed by atoms with van der Waals surface area (Å²) < 4.78 is 0. The molecule has 84 valence electrons. The summed E-state index contributed by atoms with van der Waals surface area (Å²) in [6, 6.07) is 5.43. The third kappa shape index (κ3) is 2.48. The minimum Gasteiger partial charge on any atom is -0.398 e. The Balaban J connectivity index is 3.26. The molecule has 0 fully saturated rings. The molecule has 4 nitrogen and oxygen atoms in total. The Bertz CT molecular complexity index is 446. The van der Waals surface area contributed by atoms with Crippen molar-refractivity contribution < 1.29 is 0 Å². The summed E-state index contributed by atoms with van der Waals surface area (Å²) in [5, 5.41) is 17.8. The summed E-state index contributed by atoms with van der Waals surface area (Å²) in [5.41, 5.74) is 9.12. The molecule has 1 rings (SSSR count). The molecule has 0 amide bonds. The van der Waals surface area contributed by atoms with Crippen LogP contribution in [0, 0.1) is 10.8 Å². The van der Waals surface area contributed by atoms with Crippen molar-refractivity contribution in [3.8, 4) is 0 Å². The van der Waals surface area contributed by atoms with Crippen LogP contribution in [0.15, 0.2) is 24.4 Å². The molecule has 0 aliphatic heterocycles. The highest BCUT2D eigenvalue weighted by Crippen LogP contribution is 2.19. The maximum absolute atomic E-state index is 7.60. The Morgan fingerprint density at radius 1 is 1.44 bits per heavy atom. The van der Waals surface area contributed by atoms with Crippen LogP contribution in [0.5, 0.6) is 0 Å². The fourth-order valence-electron chi connectivity index (χ4n) is 1.42. The van der Waals surface area contributed by atoms with Gasteiger partial charge in [0.05, 0.1) is 0 Å². The van der Waals surface area contributed by atoms with E-state index in [1.165, 1.54) is 6.21 Å². The van der Waals surface area contributed by atoms with Gasteiger partial charge in [0.2, 0.25) is 0 Å². The number of allylic oxidation sites excluding steroid dienone is 1. The summed E-state index contributed by atoms with van der Waals surface area (Å²) in [6.45, 7) is 1.70. The molecule has 0 spiro atoms. The lowest BCUT2D eigenvalue weighted by atomic mass is 10.0. The van der Waals surface area contributed by atoms with Crippen LogP contribution in [0.25, 0.3) is 5.57 Å². The van der Waals surface area contributed by atoms with Crippen molar-refractivity contribution in [2.24, 2.45) is 0 Å². The second kappa shape index (κ2) is 5.11. The molecule has 0 saturated carbocycles. The Morgan fingerprint density at radius 2 is 2.12 bits per heavy atom. The van der Waals surface area contributed by atoms with Crippen molar-refractivity contribution >= 4 is 23.2 Å². The molecular weight excluding hydrogens is 200 g/mol. The van der Waals surface area contributed by atoms with Gasteiger partial charge in [0.1, 0.15) is 0 Å². The zero-order valence-electron chi connectivity index (χ0n) is 9.46. The lowest BCUT2D eigenvalue weighted by Crippen LogP contribution is -2.02. The van der Waals surface area contributed by atoms with Gasteiger partial charge in [-0.2, -0.15) is 0 Å². The monoisotopic (exact) mass is 216 g/mol. The van der Waals surface area contributed by atoms with Gasteiger partial charge in [-0.1, -0.05) is 6.07 Å². The number of benzene rings is 1. The standard InChI is InChI=1S/C12H16N4/c1-8(14)11-5-9(3-4-12(11)15)10(6-13)7-16-2/h3-7,13-14,16H,15H2,1-2H3/b10-7+,13-6?,14-8?. The average Bonchev–Trinajstić information content (AvgIpc) is 2.26. The van der Waals surface area contributed by atoms with Gasteiger partial charge in [-0.05, 0) is 24.6 Å². The normalized spacial score (nSPS) is 11.0. The average molecular weight is 216 g/mol. The highest BCUT2D eigenvalue weighted by atomic mass is 14.8. The highest BCUT2D eigenvalue weighted by molar-refractivity contribution is 6.10. The van der Waals surface area contributed by atoms with Gasteiger partial charge in [-0.3, -0.25) is 0 Å². The van der Waals surface area contributed by atoms with Crippen molar-refractivity contribution in [3.63, 3.8) is 0 Å². The van der Waals surface area contributed by atoms with E-state index in [2.05, 4.69) is 5.32 Å². The van der Waals surface area contributed by atoms with Crippen LogP contribution in [-0.2, 0) is 0 Å². The van der Waals surface area contributed by atoms with Crippen molar-refractivity contribution in [1.82, 2.24) is 5.32 Å². The summed E-state index contributed by atoms with van der Waals surface area (Å²) in [6.07, 6.45) is 3.01. The van der Waals surface area contributed by atoms with E-state index in [-0.39, 0.29) is 0 Å². The smallest absolute Gasteiger partial charge is 0.0406 e. The summed E-state index contributed by atoms with van der Waals surface area (Å²) in [7, 11) is 1.78. The maximum Gasteiger partial charge on any atom is 0.0406 e. The van der Waals surface area contributed by atoms with Crippen LogP contribution < -0.4 is 11.1 Å². The van der Waals surface area contributed by atoms with Gasteiger partial charge in [-0.25, -0.2) is 0 Å². The Kier molecular flexibility index (Phi) is 3.83. The van der Waals surface area contributed by atoms with E-state index in [1.807, 2.05) is 12.1 Å². The van der Waals surface area contributed by atoms with Gasteiger partial charge in [0.15, 0.2) is 0 Å². The number of nitrogens with one attached hydrogen (secondary N) is 3. The van der Waals surface area contributed by atoms with Crippen molar-refractivity contribution in [3.05, 3.63) is 35.5 Å². The lowest BCUT2D eigenvalue weighted by molar-refractivity contribution is 1.11. The summed E-state index contributed by atoms with van der Waals surface area (Å²) in [4.78, 5) is 0. The molecule has 1 aromatic carbocycles. The molecule has 0 bridgehead atoms. The zero-order valence-corrected chi connectivity index (χ0v) is 9.46. The van der Waals surface area contributed by atoms with Crippen molar-refractivity contribution in [2.45, 2.75) is 6.92 Å². The Labute approximate surface area is 95.2 Å². The first kappa shape index (κ1) is 12.0. The molecule has 0 unspecified atom stereocenters. The van der Waals surface area contributed by atoms with Gasteiger partial charge in [0, 0.05) is 42.0 Å². The largest absolute Gasteiger partial charge is 0.398 e. The third-order valence-electron chi connectivity index (χ3n) is 2.25. The Morgan fingerprint density at radius 3 is 2.62 bits per heavy atom. The first-order valence-corrected chi connectivity index (χ1v) is 4.93. The van der Waals surface area contributed by atoms with Gasteiger partial charge in [-0.15, -0.1) is 0 Å². The minimum atomic E-state index is 0.424. The second-order valence-electron chi connectivity index (χ2n) is 3.46. The molecular formula is C12H16N4. The molecule has 1 aromatic rings. The minimum absolute atomic E-state index is 0.424. The first-order chi connectivity index (χ1) is 7.60. The van der Waals surface area contributed by atoms with E-state index in [1.54, 1.807) is 26.2 Å². The molecule has 0 aliphatic carbocycles. The lowest BCUT2D eigenvalue weighted by Gasteiger charge is -2.08. The summed E-state index contributed by atoms with van der Waals surface area (Å²) >= 11 is 0. The van der Waals surface area contributed by atoms with Gasteiger partial charge >= 0.3 is 0 Å². The fraction of sp³-hybridized carbons (Fsp3) is 0.167. The van der Waals surface area contributed by atoms with Crippen LogP contribution in [0.4, 0.5) is 5.69 Å². The quantitative estimate of drug-likeness (QED) is 0.457. The molecule has 0 radical (unpaired) electrons. The van der Waals surface area contributed by atoms with Gasteiger partial charge in [0.25, 0.3) is 0 Å². The number of hydrogen-bond donors (Lipinski definition) is 4. The van der Waals surface area contributed by atoms with Crippen LogP contribution in [0.3, 0.4) is 0 Å². The molecule has 5 N–H and O–H groups in total. The second-order valence-corrected chi connectivity index (χ2v) is 3.46. The molecule has 4 heteroatoms. The van der Waals surface area contributed by atoms with E-state index in [4.69, 9.17) is 16.6 Å². The molecule has 0 heterocycles. The fourth-order valence-corrected chi connectivity index (χ4v) is 1.42. The van der Waals surface area contributed by atoms with E-state index < -0.39 is 0 Å². The van der Waals surface area contributed by atoms with E-state index in [9.17, 15) is 0 Å². The SMILES string of the molecule is CN/C=C(\C=N)c1ccc(N)c(C(C)=N)c1. The number of hydrogen-bond acceptors (Lipinski definition) is 4. The highest BCUT2D eigenvalue weighted by Gasteiger charge is 2.05. The third-order valence-corrected chi connectivity index (χ3v) is 2.25. The first-order valence-electron chi connectivity index (χ1n) is 4.93. The van der Waals surface area contributed by atoms with Crippen LogP contribution >= 0.6 is 0 Å². The number of nitrogen functional groups attached to an aromatic ring is 1. The molecule has 0 atom stereocenters. The van der Waals surface area contributed by atoms with E-state index >= 15 is 0 Å². The summed E-state index contributed by atoms with van der Waals surface area (Å²) in [5.74, 6) is 0. The number of rotatable bonds is 4. The predicted octanol–water partition coefficient (Wildman–Crippen LogP) is 1.87. The van der Waals surface area contributed by atoms with Crippen LogP contribution in [0.1, 0.15) is 18.1 Å². The topological polar surface area (TPSA) is 85.8 Å². The Hall–Kier alpha value is -2.10. The zero-order chi connectivity index (χ0) is 12.1. The van der Waals surface area contributed by atoms with Gasteiger partial charge < -0.3 is 21.9 Å². The number of nitrogens with two attached hydrogens (primary N) is 1. The van der Waals surface area contributed by atoms with E-state index in [0.29, 0.717) is 17.0 Å².